The molecule has 0 N–H and O–H groups in total. The van der Waals surface area contributed by atoms with Crippen molar-refractivity contribution in [1.82, 2.24) is 20.6 Å². The molecule has 0 unspecified atom stereocenters. The first kappa shape index (κ1) is 8.30. The van der Waals surface area contributed by atoms with Gasteiger partial charge in [0.25, 0.3) is 5.69 Å². The maximum Gasteiger partial charge on any atom is 0.269 e. The van der Waals surface area contributed by atoms with Gasteiger partial charge < -0.3 is 5.10 Å². The molecule has 0 amide bonds. The summed E-state index contributed by atoms with van der Waals surface area (Å²) in [7, 11) is 0. The van der Waals surface area contributed by atoms with Crippen LogP contribution in [0.5, 0.6) is 0 Å². The highest BCUT2D eigenvalue weighted by molar-refractivity contribution is 5.55. The number of hydrogen-bond acceptors (Lipinski definition) is 5. The van der Waals surface area contributed by atoms with E-state index in [2.05, 4.69) is 20.6 Å². The zero-order chi connectivity index (χ0) is 9.97. The molecule has 0 saturated heterocycles. The molecule has 0 fully saturated rings. The van der Waals surface area contributed by atoms with Gasteiger partial charge in [-0.2, -0.15) is 5.21 Å². The van der Waals surface area contributed by atoms with Gasteiger partial charge >= 0.3 is 0 Å². The van der Waals surface area contributed by atoms with E-state index in [9.17, 15) is 10.1 Å². The van der Waals surface area contributed by atoms with Gasteiger partial charge in [0.15, 0.2) is 0 Å². The predicted molar refractivity (Wildman–Crippen MR) is 45.2 cm³/mol. The Kier molecular flexibility index (Phi) is 1.90. The molecule has 7 heteroatoms. The molecule has 0 atom stereocenters. The molecule has 0 radical (unpaired) electrons. The Bertz CT molecular complexity index is 436. The van der Waals surface area contributed by atoms with Crippen LogP contribution in [0.25, 0.3) is 11.4 Å². The Labute approximate surface area is 77.9 Å². The van der Waals surface area contributed by atoms with Gasteiger partial charge in [-0.1, -0.05) is 0 Å². The molecular weight excluding hydrogens is 186 g/mol. The van der Waals surface area contributed by atoms with E-state index in [0.29, 0.717) is 11.4 Å². The minimum Gasteiger partial charge on any atom is -0.330 e. The smallest absolute Gasteiger partial charge is 0.269 e. The molecule has 1 aromatic heterocycles. The lowest BCUT2D eigenvalue weighted by Crippen LogP contribution is -1.88. The SMILES string of the molecule is O=[N+]([O-])c1ccc(-c2nnn[n-]2)cc1. The fourth-order valence-corrected chi connectivity index (χ4v) is 0.992. The summed E-state index contributed by atoms with van der Waals surface area (Å²) < 4.78 is 0. The number of non-ortho nitro benzene ring substituents is 1. The van der Waals surface area contributed by atoms with Crippen molar-refractivity contribution in [3.63, 3.8) is 0 Å². The lowest BCUT2D eigenvalue weighted by molar-refractivity contribution is -0.384. The van der Waals surface area contributed by atoms with E-state index in [1.807, 2.05) is 0 Å². The van der Waals surface area contributed by atoms with Crippen LogP contribution < -0.4 is 5.10 Å². The van der Waals surface area contributed by atoms with Crippen molar-refractivity contribution in [3.8, 4) is 11.4 Å². The third-order valence-electron chi connectivity index (χ3n) is 1.66. The molecule has 0 aliphatic rings. The Hall–Kier alpha value is -2.31. The van der Waals surface area contributed by atoms with Crippen LogP contribution in [0, 0.1) is 10.1 Å². The van der Waals surface area contributed by atoms with Crippen molar-refractivity contribution < 1.29 is 4.92 Å². The molecule has 7 nitrogen and oxygen atoms in total. The van der Waals surface area contributed by atoms with Gasteiger partial charge in [0.05, 0.1) is 4.92 Å². The van der Waals surface area contributed by atoms with Gasteiger partial charge in [-0.15, -0.1) is 0 Å². The van der Waals surface area contributed by atoms with Gasteiger partial charge in [-0.3, -0.25) is 20.4 Å². The van der Waals surface area contributed by atoms with Crippen molar-refractivity contribution in [2.45, 2.75) is 0 Å². The first-order chi connectivity index (χ1) is 6.77. The second-order valence-electron chi connectivity index (χ2n) is 2.51. The highest BCUT2D eigenvalue weighted by Crippen LogP contribution is 2.17. The standard InChI is InChI=1S/C7H4N5O2/c13-12(14)6-3-1-5(2-4-6)7-8-10-11-9-7/h1-4H/q-1. The van der Waals surface area contributed by atoms with Crippen LogP contribution in [0.15, 0.2) is 24.3 Å². The average molecular weight is 190 g/mol. The van der Waals surface area contributed by atoms with Crippen molar-refractivity contribution in [3.05, 3.63) is 34.4 Å². The maximum absolute atomic E-state index is 10.3. The van der Waals surface area contributed by atoms with Crippen LogP contribution in [0.2, 0.25) is 0 Å². The molecule has 0 bridgehead atoms. The zero-order valence-corrected chi connectivity index (χ0v) is 6.86. The van der Waals surface area contributed by atoms with Crippen LogP contribution in [-0.2, 0) is 0 Å². The van der Waals surface area contributed by atoms with Gasteiger partial charge in [0.1, 0.15) is 0 Å². The zero-order valence-electron chi connectivity index (χ0n) is 6.86. The lowest BCUT2D eigenvalue weighted by Gasteiger charge is -1.98. The topological polar surface area (TPSA) is 95.9 Å². The first-order valence-corrected chi connectivity index (χ1v) is 3.71. The quantitative estimate of drug-likeness (QED) is 0.502. The Morgan fingerprint density at radius 3 is 2.50 bits per heavy atom. The van der Waals surface area contributed by atoms with Gasteiger partial charge in [0, 0.05) is 18.0 Å². The van der Waals surface area contributed by atoms with Crippen molar-refractivity contribution in [2.75, 3.05) is 0 Å². The number of hydrogen-bond donors (Lipinski definition) is 0. The van der Waals surface area contributed by atoms with Gasteiger partial charge in [-0.05, 0) is 17.7 Å². The van der Waals surface area contributed by atoms with Crippen LogP contribution in [-0.4, -0.2) is 20.4 Å². The molecular formula is C7H4N5O2-. The minimum absolute atomic E-state index is 0.0289. The van der Waals surface area contributed by atoms with Crippen LogP contribution in [0.3, 0.4) is 0 Å². The first-order valence-electron chi connectivity index (χ1n) is 3.71. The number of tetrazole rings is 1. The number of nitro benzene ring substituents is 1. The summed E-state index contributed by atoms with van der Waals surface area (Å²) in [5.74, 6) is 0.361. The fourth-order valence-electron chi connectivity index (χ4n) is 0.992. The van der Waals surface area contributed by atoms with Crippen molar-refractivity contribution in [2.24, 2.45) is 0 Å². The van der Waals surface area contributed by atoms with E-state index in [1.165, 1.54) is 12.1 Å². The Morgan fingerprint density at radius 1 is 1.29 bits per heavy atom. The van der Waals surface area contributed by atoms with E-state index in [4.69, 9.17) is 0 Å². The van der Waals surface area contributed by atoms with E-state index < -0.39 is 4.92 Å². The monoisotopic (exact) mass is 190 g/mol. The molecule has 1 heterocycles. The molecule has 0 aliphatic carbocycles. The summed E-state index contributed by atoms with van der Waals surface area (Å²) >= 11 is 0. The maximum atomic E-state index is 10.3. The van der Waals surface area contributed by atoms with Gasteiger partial charge in [0.2, 0.25) is 0 Å². The van der Waals surface area contributed by atoms with Crippen molar-refractivity contribution >= 4 is 5.69 Å². The van der Waals surface area contributed by atoms with Gasteiger partial charge in [-0.25, -0.2) is 0 Å². The number of aromatic nitrogens is 4. The van der Waals surface area contributed by atoms with E-state index in [1.54, 1.807) is 12.1 Å². The normalized spacial score (nSPS) is 10.0. The second-order valence-corrected chi connectivity index (χ2v) is 2.51. The van der Waals surface area contributed by atoms with E-state index in [0.717, 1.165) is 0 Å². The second kappa shape index (κ2) is 3.21. The highest BCUT2D eigenvalue weighted by atomic mass is 16.6. The summed E-state index contributed by atoms with van der Waals surface area (Å²) in [5, 5.41) is 24.2. The molecule has 2 rings (SSSR count). The van der Waals surface area contributed by atoms with Crippen LogP contribution >= 0.6 is 0 Å². The molecule has 14 heavy (non-hydrogen) atoms. The molecule has 0 aliphatic heterocycles. The van der Waals surface area contributed by atoms with E-state index >= 15 is 0 Å². The van der Waals surface area contributed by atoms with E-state index in [-0.39, 0.29) is 5.69 Å². The van der Waals surface area contributed by atoms with Crippen LogP contribution in [0.4, 0.5) is 5.69 Å². The molecule has 0 saturated carbocycles. The summed E-state index contributed by atoms with van der Waals surface area (Å²) in [5.41, 5.74) is 0.682. The largest absolute Gasteiger partial charge is 0.330 e. The number of benzene rings is 1. The molecule has 1 aromatic carbocycles. The minimum atomic E-state index is -0.466. The summed E-state index contributed by atoms with van der Waals surface area (Å²) in [4.78, 5) is 9.88. The molecule has 0 spiro atoms. The summed E-state index contributed by atoms with van der Waals surface area (Å²) in [6.07, 6.45) is 0. The third-order valence-corrected chi connectivity index (χ3v) is 1.66. The molecule has 2 aromatic rings. The predicted octanol–water partition coefficient (Wildman–Crippen LogP) is 0.404. The summed E-state index contributed by atoms with van der Waals surface area (Å²) in [6, 6.07) is 5.87. The number of nitrogens with zero attached hydrogens (tertiary/aromatic N) is 5. The summed E-state index contributed by atoms with van der Waals surface area (Å²) in [6.45, 7) is 0. The Balaban J connectivity index is 2.36. The molecule has 70 valence electrons. The third kappa shape index (κ3) is 1.42. The van der Waals surface area contributed by atoms with Crippen molar-refractivity contribution in [1.29, 1.82) is 0 Å². The average Bonchev–Trinajstić information content (AvgIpc) is 2.71. The number of nitro groups is 1. The fraction of sp³-hybridized carbons (Fsp3) is 0. The van der Waals surface area contributed by atoms with Crippen LogP contribution in [0.1, 0.15) is 0 Å². The Morgan fingerprint density at radius 2 is 2.00 bits per heavy atom. The highest BCUT2D eigenvalue weighted by Gasteiger charge is 2.03. The lowest BCUT2D eigenvalue weighted by atomic mass is 10.2. The number of rotatable bonds is 2.